The minimum absolute atomic E-state index is 0.133. The second kappa shape index (κ2) is 6.22. The number of urea groups is 1. The highest BCUT2D eigenvalue weighted by molar-refractivity contribution is 6.31. The summed E-state index contributed by atoms with van der Waals surface area (Å²) in [6.07, 6.45) is 1.20. The molecular weight excluding hydrogens is 296 g/mol. The third-order valence-electron chi connectivity index (χ3n) is 3.62. The summed E-state index contributed by atoms with van der Waals surface area (Å²) in [5, 5.41) is 14.7. The predicted molar refractivity (Wildman–Crippen MR) is 77.5 cm³/mol. The SMILES string of the molecule is COc1cccc(Cl)c1CNC(=O)NCC1(C(=O)O)CC1. The monoisotopic (exact) mass is 312 g/mol. The van der Waals surface area contributed by atoms with Gasteiger partial charge in [0.2, 0.25) is 0 Å². The lowest BCUT2D eigenvalue weighted by atomic mass is 10.1. The van der Waals surface area contributed by atoms with E-state index in [-0.39, 0.29) is 13.1 Å². The van der Waals surface area contributed by atoms with E-state index >= 15 is 0 Å². The molecule has 2 amide bonds. The van der Waals surface area contributed by atoms with Gasteiger partial charge in [-0.2, -0.15) is 0 Å². The van der Waals surface area contributed by atoms with Crippen molar-refractivity contribution in [1.29, 1.82) is 0 Å². The molecule has 2 rings (SSSR count). The molecule has 21 heavy (non-hydrogen) atoms. The van der Waals surface area contributed by atoms with Crippen LogP contribution in [-0.2, 0) is 11.3 Å². The molecule has 0 saturated heterocycles. The molecule has 0 aliphatic heterocycles. The fourth-order valence-electron chi connectivity index (χ4n) is 2.00. The smallest absolute Gasteiger partial charge is 0.315 e. The van der Waals surface area contributed by atoms with Crippen LogP contribution in [0.1, 0.15) is 18.4 Å². The van der Waals surface area contributed by atoms with Gasteiger partial charge in [-0.1, -0.05) is 17.7 Å². The molecule has 0 radical (unpaired) electrons. The predicted octanol–water partition coefficient (Wildman–Crippen LogP) is 2.01. The number of carbonyl (C=O) groups is 2. The number of amides is 2. The van der Waals surface area contributed by atoms with Crippen LogP contribution >= 0.6 is 11.6 Å². The van der Waals surface area contributed by atoms with Gasteiger partial charge in [-0.3, -0.25) is 4.79 Å². The lowest BCUT2D eigenvalue weighted by Crippen LogP contribution is -2.40. The number of hydrogen-bond acceptors (Lipinski definition) is 3. The van der Waals surface area contributed by atoms with E-state index in [1.54, 1.807) is 18.2 Å². The fourth-order valence-corrected chi connectivity index (χ4v) is 2.23. The van der Waals surface area contributed by atoms with E-state index in [4.69, 9.17) is 21.4 Å². The van der Waals surface area contributed by atoms with Crippen LogP contribution in [0.5, 0.6) is 5.75 Å². The van der Waals surface area contributed by atoms with E-state index in [0.29, 0.717) is 29.2 Å². The minimum atomic E-state index is -0.865. The Labute approximate surface area is 127 Å². The maximum Gasteiger partial charge on any atom is 0.315 e. The molecule has 0 bridgehead atoms. The molecule has 1 saturated carbocycles. The van der Waals surface area contributed by atoms with Crippen LogP contribution in [0.15, 0.2) is 18.2 Å². The van der Waals surface area contributed by atoms with Crippen LogP contribution in [0.3, 0.4) is 0 Å². The van der Waals surface area contributed by atoms with Crippen molar-refractivity contribution in [3.05, 3.63) is 28.8 Å². The molecule has 0 spiro atoms. The number of nitrogens with one attached hydrogen (secondary N) is 2. The summed E-state index contributed by atoms with van der Waals surface area (Å²) >= 11 is 6.06. The average Bonchev–Trinajstić information content (AvgIpc) is 3.24. The first-order chi connectivity index (χ1) is 9.98. The zero-order chi connectivity index (χ0) is 15.5. The summed E-state index contributed by atoms with van der Waals surface area (Å²) in [4.78, 5) is 22.7. The maximum absolute atomic E-state index is 11.7. The highest BCUT2D eigenvalue weighted by Crippen LogP contribution is 2.45. The average molecular weight is 313 g/mol. The molecule has 0 aromatic heterocycles. The molecule has 0 unspecified atom stereocenters. The first-order valence-corrected chi connectivity index (χ1v) is 6.93. The van der Waals surface area contributed by atoms with E-state index in [1.165, 1.54) is 7.11 Å². The van der Waals surface area contributed by atoms with E-state index in [2.05, 4.69) is 10.6 Å². The molecular formula is C14H17ClN2O4. The minimum Gasteiger partial charge on any atom is -0.496 e. The van der Waals surface area contributed by atoms with Gasteiger partial charge in [0, 0.05) is 23.7 Å². The van der Waals surface area contributed by atoms with Crippen LogP contribution in [0, 0.1) is 5.41 Å². The molecule has 1 aliphatic rings. The zero-order valence-corrected chi connectivity index (χ0v) is 12.4. The second-order valence-corrected chi connectivity index (χ2v) is 5.45. The van der Waals surface area contributed by atoms with E-state index < -0.39 is 17.4 Å². The number of aliphatic carboxylic acids is 1. The van der Waals surface area contributed by atoms with E-state index in [1.807, 2.05) is 0 Å². The molecule has 0 atom stereocenters. The third-order valence-corrected chi connectivity index (χ3v) is 3.97. The van der Waals surface area contributed by atoms with Crippen molar-refractivity contribution in [2.75, 3.05) is 13.7 Å². The Balaban J connectivity index is 1.86. The number of ether oxygens (including phenoxy) is 1. The number of rotatable bonds is 6. The molecule has 0 heterocycles. The molecule has 1 aliphatic carbocycles. The standard InChI is InChI=1S/C14H17ClN2O4/c1-21-11-4-2-3-10(15)9(11)7-16-13(20)17-8-14(5-6-14)12(18)19/h2-4H,5-8H2,1H3,(H,18,19)(H2,16,17,20). The Morgan fingerprint density at radius 1 is 1.38 bits per heavy atom. The summed E-state index contributed by atoms with van der Waals surface area (Å²) in [5.41, 5.74) is -0.101. The third kappa shape index (κ3) is 3.58. The van der Waals surface area contributed by atoms with Gasteiger partial charge < -0.3 is 20.5 Å². The van der Waals surface area contributed by atoms with Gasteiger partial charge in [0.05, 0.1) is 12.5 Å². The summed E-state index contributed by atoms with van der Waals surface area (Å²) in [5.74, 6) is -0.275. The summed E-state index contributed by atoms with van der Waals surface area (Å²) in [6.45, 7) is 0.336. The van der Waals surface area contributed by atoms with Crippen LogP contribution in [-0.4, -0.2) is 30.8 Å². The van der Waals surface area contributed by atoms with Crippen molar-refractivity contribution >= 4 is 23.6 Å². The number of benzene rings is 1. The molecule has 1 aromatic rings. The largest absolute Gasteiger partial charge is 0.496 e. The van der Waals surface area contributed by atoms with Gasteiger partial charge in [0.1, 0.15) is 5.75 Å². The van der Waals surface area contributed by atoms with Crippen molar-refractivity contribution in [3.8, 4) is 5.75 Å². The number of carboxylic acid groups (broad SMARTS) is 1. The van der Waals surface area contributed by atoms with Gasteiger partial charge in [-0.05, 0) is 25.0 Å². The van der Waals surface area contributed by atoms with Crippen molar-refractivity contribution in [2.24, 2.45) is 5.41 Å². The lowest BCUT2D eigenvalue weighted by molar-refractivity contribution is -0.143. The Morgan fingerprint density at radius 3 is 2.67 bits per heavy atom. The second-order valence-electron chi connectivity index (χ2n) is 5.04. The van der Waals surface area contributed by atoms with Crippen LogP contribution in [0.4, 0.5) is 4.79 Å². The molecule has 6 nitrogen and oxygen atoms in total. The number of hydrogen-bond donors (Lipinski definition) is 3. The van der Waals surface area contributed by atoms with Crippen molar-refractivity contribution < 1.29 is 19.4 Å². The Hall–Kier alpha value is -1.95. The quantitative estimate of drug-likeness (QED) is 0.750. The van der Waals surface area contributed by atoms with E-state index in [9.17, 15) is 9.59 Å². The van der Waals surface area contributed by atoms with Gasteiger partial charge >= 0.3 is 12.0 Å². The number of methoxy groups -OCH3 is 1. The van der Waals surface area contributed by atoms with E-state index in [0.717, 1.165) is 0 Å². The van der Waals surface area contributed by atoms with Crippen molar-refractivity contribution in [1.82, 2.24) is 10.6 Å². The molecule has 7 heteroatoms. The highest BCUT2D eigenvalue weighted by Gasteiger charge is 2.50. The topological polar surface area (TPSA) is 87.7 Å². The first kappa shape index (κ1) is 15.4. The van der Waals surface area contributed by atoms with Crippen LogP contribution in [0.2, 0.25) is 5.02 Å². The number of carbonyl (C=O) groups excluding carboxylic acids is 1. The van der Waals surface area contributed by atoms with Gasteiger partial charge in [-0.25, -0.2) is 4.79 Å². The van der Waals surface area contributed by atoms with Crippen LogP contribution < -0.4 is 15.4 Å². The zero-order valence-electron chi connectivity index (χ0n) is 11.6. The van der Waals surface area contributed by atoms with Crippen LogP contribution in [0.25, 0.3) is 0 Å². The maximum atomic E-state index is 11.7. The highest BCUT2D eigenvalue weighted by atomic mass is 35.5. The van der Waals surface area contributed by atoms with Gasteiger partial charge in [0.25, 0.3) is 0 Å². The first-order valence-electron chi connectivity index (χ1n) is 6.55. The Bertz CT molecular complexity index is 558. The summed E-state index contributed by atoms with van der Waals surface area (Å²) in [6, 6.07) is 4.80. The normalized spacial score (nSPS) is 15.1. The lowest BCUT2D eigenvalue weighted by Gasteiger charge is -2.14. The number of halogens is 1. The van der Waals surface area contributed by atoms with Gasteiger partial charge in [-0.15, -0.1) is 0 Å². The van der Waals surface area contributed by atoms with Crippen molar-refractivity contribution in [2.45, 2.75) is 19.4 Å². The fraction of sp³-hybridized carbons (Fsp3) is 0.429. The Kier molecular flexibility index (Phi) is 4.57. The molecule has 1 aromatic carbocycles. The van der Waals surface area contributed by atoms with Crippen molar-refractivity contribution in [3.63, 3.8) is 0 Å². The molecule has 3 N–H and O–H groups in total. The summed E-state index contributed by atoms with van der Waals surface area (Å²) < 4.78 is 5.18. The number of carboxylic acids is 1. The summed E-state index contributed by atoms with van der Waals surface area (Å²) in [7, 11) is 1.53. The van der Waals surface area contributed by atoms with Gasteiger partial charge in [0.15, 0.2) is 0 Å². The Morgan fingerprint density at radius 2 is 2.10 bits per heavy atom. The molecule has 1 fully saturated rings. The molecule has 114 valence electrons.